The molecule has 10 atom stereocenters. The maximum atomic E-state index is 10.2. The third kappa shape index (κ3) is 3.68. The van der Waals surface area contributed by atoms with E-state index in [-0.39, 0.29) is 0 Å². The van der Waals surface area contributed by atoms with Crippen LogP contribution >= 0.6 is 0 Å². The zero-order valence-corrected chi connectivity index (χ0v) is 13.1. The molecule has 0 bridgehead atoms. The normalized spacial score (nSPS) is 51.7. The molecule has 0 aliphatic carbocycles. The van der Waals surface area contributed by atoms with Gasteiger partial charge in [0, 0.05) is 5.92 Å². The Morgan fingerprint density at radius 3 is 1.87 bits per heavy atom. The highest BCUT2D eigenvalue weighted by molar-refractivity contribution is 4.93. The molecule has 4 unspecified atom stereocenters. The Kier molecular flexibility index (Phi) is 6.34. The number of hydrogen-bond acceptors (Lipinski definition) is 9. The SMILES string of the molecule is CC1C(O)[C@H](O)[C@H](CO)O[C@H]1OC1[C@@H](O)[C@H](O)C(CO)O[C@@H]1C. The first kappa shape index (κ1) is 19.0. The van der Waals surface area contributed by atoms with Crippen LogP contribution in [0.5, 0.6) is 0 Å². The lowest BCUT2D eigenvalue weighted by Gasteiger charge is -2.46. The molecule has 0 spiro atoms. The highest BCUT2D eigenvalue weighted by Gasteiger charge is 2.48. The van der Waals surface area contributed by atoms with E-state index in [4.69, 9.17) is 19.3 Å². The van der Waals surface area contributed by atoms with Gasteiger partial charge in [-0.3, -0.25) is 0 Å². The van der Waals surface area contributed by atoms with Gasteiger partial charge in [0.05, 0.1) is 25.4 Å². The van der Waals surface area contributed by atoms with Gasteiger partial charge in [-0.2, -0.15) is 0 Å². The average Bonchev–Trinajstić information content (AvgIpc) is 2.54. The van der Waals surface area contributed by atoms with E-state index in [2.05, 4.69) is 0 Å². The van der Waals surface area contributed by atoms with Crippen molar-refractivity contribution >= 4 is 0 Å². The van der Waals surface area contributed by atoms with E-state index in [0.29, 0.717) is 0 Å². The Labute approximate surface area is 134 Å². The first-order chi connectivity index (χ1) is 10.8. The Morgan fingerprint density at radius 1 is 0.783 bits per heavy atom. The summed E-state index contributed by atoms with van der Waals surface area (Å²) >= 11 is 0. The van der Waals surface area contributed by atoms with Crippen molar-refractivity contribution in [1.29, 1.82) is 0 Å². The van der Waals surface area contributed by atoms with Crippen molar-refractivity contribution in [3.63, 3.8) is 0 Å². The minimum absolute atomic E-state index is 0.441. The van der Waals surface area contributed by atoms with Gasteiger partial charge in [0.2, 0.25) is 0 Å². The van der Waals surface area contributed by atoms with Crippen LogP contribution < -0.4 is 0 Å². The van der Waals surface area contributed by atoms with Crippen LogP contribution in [0.3, 0.4) is 0 Å². The number of aliphatic hydroxyl groups excluding tert-OH is 6. The second kappa shape index (κ2) is 7.68. The smallest absolute Gasteiger partial charge is 0.163 e. The molecule has 2 fully saturated rings. The largest absolute Gasteiger partial charge is 0.394 e. The van der Waals surface area contributed by atoms with E-state index >= 15 is 0 Å². The summed E-state index contributed by atoms with van der Waals surface area (Å²) in [6, 6.07) is 0. The summed E-state index contributed by atoms with van der Waals surface area (Å²) in [5.41, 5.74) is 0. The third-order valence-corrected chi connectivity index (χ3v) is 4.58. The van der Waals surface area contributed by atoms with Gasteiger partial charge in [-0.05, 0) is 6.92 Å². The fraction of sp³-hybridized carbons (Fsp3) is 1.00. The van der Waals surface area contributed by atoms with Crippen LogP contribution in [0.2, 0.25) is 0 Å². The van der Waals surface area contributed by atoms with E-state index in [1.807, 2.05) is 0 Å². The predicted molar refractivity (Wildman–Crippen MR) is 75.2 cm³/mol. The van der Waals surface area contributed by atoms with Gasteiger partial charge in [0.1, 0.15) is 36.6 Å². The molecule has 2 aliphatic rings. The molecule has 2 heterocycles. The molecule has 2 saturated heterocycles. The standard InChI is InChI=1S/C14H26O9/c1-5-9(17)10(18)8(4-16)22-14(5)23-13-6(2)21-7(3-15)11(19)12(13)20/h5-20H,3-4H2,1-2H3/t5?,6-,7?,8+,9?,10-,11-,12+,13?,14+/m1/s1. The van der Waals surface area contributed by atoms with Gasteiger partial charge >= 0.3 is 0 Å². The Morgan fingerprint density at radius 2 is 1.30 bits per heavy atom. The molecule has 0 aromatic heterocycles. The fourth-order valence-corrected chi connectivity index (χ4v) is 3.00. The average molecular weight is 338 g/mol. The lowest BCUT2D eigenvalue weighted by molar-refractivity contribution is -0.328. The molecular formula is C14H26O9. The van der Waals surface area contributed by atoms with Crippen LogP contribution in [0.25, 0.3) is 0 Å². The van der Waals surface area contributed by atoms with Crippen LogP contribution in [0, 0.1) is 5.92 Å². The van der Waals surface area contributed by atoms with E-state index in [0.717, 1.165) is 0 Å². The summed E-state index contributed by atoms with van der Waals surface area (Å²) in [5, 5.41) is 58.3. The summed E-state index contributed by atoms with van der Waals surface area (Å²) in [6.07, 6.45) is -9.59. The molecule has 136 valence electrons. The maximum Gasteiger partial charge on any atom is 0.163 e. The predicted octanol–water partition coefficient (Wildman–Crippen LogP) is -3.05. The van der Waals surface area contributed by atoms with Crippen molar-refractivity contribution in [1.82, 2.24) is 0 Å². The minimum Gasteiger partial charge on any atom is -0.394 e. The zero-order chi connectivity index (χ0) is 17.3. The Balaban J connectivity index is 2.08. The van der Waals surface area contributed by atoms with Crippen LogP contribution in [0.15, 0.2) is 0 Å². The first-order valence-electron chi connectivity index (χ1n) is 7.72. The van der Waals surface area contributed by atoms with Gasteiger partial charge in [-0.15, -0.1) is 0 Å². The van der Waals surface area contributed by atoms with Crippen molar-refractivity contribution in [3.8, 4) is 0 Å². The molecule has 0 saturated carbocycles. The van der Waals surface area contributed by atoms with E-state index < -0.39 is 74.3 Å². The monoisotopic (exact) mass is 338 g/mol. The summed E-state index contributed by atoms with van der Waals surface area (Å²) in [4.78, 5) is 0. The molecule has 6 N–H and O–H groups in total. The van der Waals surface area contributed by atoms with Crippen molar-refractivity contribution in [2.45, 2.75) is 69.0 Å². The van der Waals surface area contributed by atoms with Crippen LogP contribution in [0.1, 0.15) is 13.8 Å². The second-order valence-corrected chi connectivity index (χ2v) is 6.21. The summed E-state index contributed by atoms with van der Waals surface area (Å²) in [6.45, 7) is 2.27. The van der Waals surface area contributed by atoms with Crippen molar-refractivity contribution in [2.75, 3.05) is 13.2 Å². The Hall–Kier alpha value is -0.360. The summed E-state index contributed by atoms with van der Waals surface area (Å²) in [7, 11) is 0. The number of hydrogen-bond donors (Lipinski definition) is 6. The molecule has 9 nitrogen and oxygen atoms in total. The van der Waals surface area contributed by atoms with Gasteiger partial charge in [0.15, 0.2) is 6.29 Å². The van der Waals surface area contributed by atoms with Crippen LogP contribution in [-0.4, -0.2) is 99.0 Å². The Bertz CT molecular complexity index is 379. The van der Waals surface area contributed by atoms with E-state index in [1.54, 1.807) is 13.8 Å². The molecule has 0 radical (unpaired) electrons. The summed E-state index contributed by atoms with van der Waals surface area (Å²) in [5.74, 6) is -0.625. The molecule has 2 rings (SSSR count). The van der Waals surface area contributed by atoms with Gasteiger partial charge in [0.25, 0.3) is 0 Å². The minimum atomic E-state index is -1.33. The molecule has 0 aromatic rings. The molecule has 2 aliphatic heterocycles. The van der Waals surface area contributed by atoms with E-state index in [1.165, 1.54) is 0 Å². The first-order valence-corrected chi connectivity index (χ1v) is 7.72. The number of ether oxygens (including phenoxy) is 3. The lowest BCUT2D eigenvalue weighted by Crippen LogP contribution is -2.62. The van der Waals surface area contributed by atoms with Crippen LogP contribution in [-0.2, 0) is 14.2 Å². The van der Waals surface area contributed by atoms with Crippen LogP contribution in [0.4, 0.5) is 0 Å². The fourth-order valence-electron chi connectivity index (χ4n) is 3.00. The molecule has 9 heteroatoms. The highest BCUT2D eigenvalue weighted by Crippen LogP contribution is 2.31. The van der Waals surface area contributed by atoms with Gasteiger partial charge in [-0.1, -0.05) is 6.92 Å². The zero-order valence-electron chi connectivity index (χ0n) is 13.1. The quantitative estimate of drug-likeness (QED) is 0.314. The second-order valence-electron chi connectivity index (χ2n) is 6.21. The number of rotatable bonds is 4. The summed E-state index contributed by atoms with van der Waals surface area (Å²) < 4.78 is 16.5. The van der Waals surface area contributed by atoms with Gasteiger partial charge in [-0.25, -0.2) is 0 Å². The maximum absolute atomic E-state index is 10.2. The molecule has 23 heavy (non-hydrogen) atoms. The van der Waals surface area contributed by atoms with Crippen molar-refractivity contribution in [2.24, 2.45) is 5.92 Å². The van der Waals surface area contributed by atoms with Gasteiger partial charge < -0.3 is 44.8 Å². The molecule has 0 amide bonds. The number of aliphatic hydroxyl groups is 6. The molecule has 0 aromatic carbocycles. The van der Waals surface area contributed by atoms with Crippen molar-refractivity contribution in [3.05, 3.63) is 0 Å². The highest BCUT2D eigenvalue weighted by atomic mass is 16.7. The molecular weight excluding hydrogens is 312 g/mol. The van der Waals surface area contributed by atoms with E-state index in [9.17, 15) is 25.5 Å². The third-order valence-electron chi connectivity index (χ3n) is 4.58. The van der Waals surface area contributed by atoms with Crippen molar-refractivity contribution < 1.29 is 44.8 Å². The topological polar surface area (TPSA) is 149 Å². The lowest BCUT2D eigenvalue weighted by atomic mass is 9.91.